The number of ether oxygens (including phenoxy) is 1. The molecule has 0 spiro atoms. The number of fused-ring (bicyclic) bond motifs is 1. The van der Waals surface area contributed by atoms with E-state index in [1.54, 1.807) is 4.90 Å². The van der Waals surface area contributed by atoms with E-state index in [-0.39, 0.29) is 6.09 Å². The molecule has 1 aromatic heterocycles. The SMILES string of the molecule is [B]Cc1cc2n(n1)CCN(C(=O)OC(C)(C)C)C2. The van der Waals surface area contributed by atoms with Gasteiger partial charge in [-0.05, 0) is 33.2 Å². The van der Waals surface area contributed by atoms with Crippen LogP contribution in [0.15, 0.2) is 6.07 Å². The molecule has 0 atom stereocenters. The van der Waals surface area contributed by atoms with Gasteiger partial charge in [-0.15, -0.1) is 0 Å². The Morgan fingerprint density at radius 1 is 1.50 bits per heavy atom. The van der Waals surface area contributed by atoms with Gasteiger partial charge in [0, 0.05) is 6.54 Å². The molecule has 1 aromatic rings. The highest BCUT2D eigenvalue weighted by Crippen LogP contribution is 2.17. The van der Waals surface area contributed by atoms with Gasteiger partial charge in [-0.25, -0.2) is 4.79 Å². The Balaban J connectivity index is 2.05. The number of rotatable bonds is 1. The molecule has 0 saturated carbocycles. The lowest BCUT2D eigenvalue weighted by Crippen LogP contribution is -2.41. The van der Waals surface area contributed by atoms with Crippen LogP contribution in [0.3, 0.4) is 0 Å². The van der Waals surface area contributed by atoms with Gasteiger partial charge in [0.15, 0.2) is 0 Å². The van der Waals surface area contributed by atoms with Crippen molar-refractivity contribution < 1.29 is 9.53 Å². The van der Waals surface area contributed by atoms with Gasteiger partial charge in [-0.1, -0.05) is 0 Å². The number of hydrogen-bond donors (Lipinski definition) is 0. The van der Waals surface area contributed by atoms with Gasteiger partial charge in [0.25, 0.3) is 0 Å². The van der Waals surface area contributed by atoms with E-state index in [1.165, 1.54) is 0 Å². The Labute approximate surface area is 109 Å². The first-order valence-electron chi connectivity index (χ1n) is 6.12. The normalized spacial score (nSPS) is 15.4. The van der Waals surface area contributed by atoms with E-state index in [4.69, 9.17) is 12.6 Å². The molecule has 0 N–H and O–H groups in total. The fourth-order valence-electron chi connectivity index (χ4n) is 1.91. The highest BCUT2D eigenvalue weighted by atomic mass is 16.6. The van der Waals surface area contributed by atoms with E-state index in [9.17, 15) is 4.79 Å². The van der Waals surface area contributed by atoms with Crippen molar-refractivity contribution in [3.8, 4) is 0 Å². The minimum absolute atomic E-state index is 0.274. The molecular weight excluding hydrogens is 229 g/mol. The Morgan fingerprint density at radius 2 is 2.22 bits per heavy atom. The number of nitrogens with zero attached hydrogens (tertiary/aromatic N) is 3. The van der Waals surface area contributed by atoms with Crippen LogP contribution >= 0.6 is 0 Å². The van der Waals surface area contributed by atoms with Gasteiger partial charge in [0.05, 0.1) is 32.3 Å². The van der Waals surface area contributed by atoms with Crippen molar-refractivity contribution >= 4 is 13.9 Å². The molecule has 1 aliphatic rings. The van der Waals surface area contributed by atoms with Crippen LogP contribution < -0.4 is 0 Å². The van der Waals surface area contributed by atoms with Gasteiger partial charge in [-0.3, -0.25) is 4.68 Å². The van der Waals surface area contributed by atoms with Crippen LogP contribution in [-0.2, 0) is 24.1 Å². The lowest BCUT2D eigenvalue weighted by atomic mass is 10.0. The van der Waals surface area contributed by atoms with E-state index in [0.29, 0.717) is 26.0 Å². The molecule has 1 aliphatic heterocycles. The third-order valence-corrected chi connectivity index (χ3v) is 2.71. The van der Waals surface area contributed by atoms with Crippen LogP contribution in [0.1, 0.15) is 32.2 Å². The van der Waals surface area contributed by atoms with Crippen molar-refractivity contribution in [3.05, 3.63) is 17.5 Å². The summed E-state index contributed by atoms with van der Waals surface area (Å²) >= 11 is 0. The lowest BCUT2D eigenvalue weighted by molar-refractivity contribution is 0.0194. The molecule has 6 heteroatoms. The zero-order valence-corrected chi connectivity index (χ0v) is 11.1. The Morgan fingerprint density at radius 3 is 2.83 bits per heavy atom. The highest BCUT2D eigenvalue weighted by molar-refractivity contribution is 6.08. The topological polar surface area (TPSA) is 47.4 Å². The van der Waals surface area contributed by atoms with Crippen LogP contribution in [-0.4, -0.2) is 40.8 Å². The summed E-state index contributed by atoms with van der Waals surface area (Å²) < 4.78 is 7.26. The van der Waals surface area contributed by atoms with Crippen LogP contribution in [0.2, 0.25) is 0 Å². The van der Waals surface area contributed by atoms with Gasteiger partial charge in [0.1, 0.15) is 5.60 Å². The minimum Gasteiger partial charge on any atom is -0.444 e. The zero-order valence-electron chi connectivity index (χ0n) is 11.1. The molecule has 0 bridgehead atoms. The number of carbonyl (C=O) groups is 1. The van der Waals surface area contributed by atoms with E-state index in [2.05, 4.69) is 5.10 Å². The average Bonchev–Trinajstić information content (AvgIpc) is 2.68. The summed E-state index contributed by atoms with van der Waals surface area (Å²) in [5, 5.41) is 4.35. The Kier molecular flexibility index (Phi) is 3.37. The molecule has 1 amide bonds. The van der Waals surface area contributed by atoms with E-state index in [1.807, 2.05) is 31.5 Å². The van der Waals surface area contributed by atoms with E-state index >= 15 is 0 Å². The van der Waals surface area contributed by atoms with Gasteiger partial charge >= 0.3 is 6.09 Å². The maximum absolute atomic E-state index is 11.9. The number of hydrogen-bond acceptors (Lipinski definition) is 3. The summed E-state index contributed by atoms with van der Waals surface area (Å²) in [5.74, 6) is 0. The lowest BCUT2D eigenvalue weighted by Gasteiger charge is -2.30. The Hall–Kier alpha value is -1.46. The number of amides is 1. The first-order chi connectivity index (χ1) is 8.39. The molecule has 0 unspecified atom stereocenters. The second-order valence-electron chi connectivity index (χ2n) is 5.46. The molecule has 0 aliphatic carbocycles. The fraction of sp³-hybridized carbons (Fsp3) is 0.667. The summed E-state index contributed by atoms with van der Waals surface area (Å²) in [4.78, 5) is 13.6. The van der Waals surface area contributed by atoms with Gasteiger partial charge in [0.2, 0.25) is 0 Å². The van der Waals surface area contributed by atoms with Crippen molar-refractivity contribution in [2.75, 3.05) is 6.54 Å². The first-order valence-corrected chi connectivity index (χ1v) is 6.12. The summed E-state index contributed by atoms with van der Waals surface area (Å²) in [5.41, 5.74) is 1.40. The van der Waals surface area contributed by atoms with Crippen LogP contribution in [0.4, 0.5) is 4.79 Å². The zero-order chi connectivity index (χ0) is 13.3. The van der Waals surface area contributed by atoms with Crippen LogP contribution in [0.25, 0.3) is 0 Å². The third kappa shape index (κ3) is 2.86. The van der Waals surface area contributed by atoms with Gasteiger partial charge < -0.3 is 9.64 Å². The largest absolute Gasteiger partial charge is 0.444 e. The molecule has 18 heavy (non-hydrogen) atoms. The molecule has 96 valence electrons. The Bertz CT molecular complexity index is 451. The van der Waals surface area contributed by atoms with Crippen molar-refractivity contribution in [3.63, 3.8) is 0 Å². The quantitative estimate of drug-likeness (QED) is 0.703. The molecule has 2 heterocycles. The number of carbonyl (C=O) groups excluding carboxylic acids is 1. The summed E-state index contributed by atoms with van der Waals surface area (Å²) in [7, 11) is 5.56. The first kappa shape index (κ1) is 13.0. The minimum atomic E-state index is -0.461. The second kappa shape index (κ2) is 4.67. The standard InChI is InChI=1S/C12H18BN3O2/c1-12(2,3)18-11(17)15-4-5-16-10(8-15)6-9(7-13)14-16/h6H,4-5,7-8H2,1-3H3. The second-order valence-corrected chi connectivity index (χ2v) is 5.46. The average molecular weight is 247 g/mol. The third-order valence-electron chi connectivity index (χ3n) is 2.71. The summed E-state index contributed by atoms with van der Waals surface area (Å²) in [6, 6.07) is 1.94. The molecule has 0 aromatic carbocycles. The maximum atomic E-state index is 11.9. The smallest absolute Gasteiger partial charge is 0.410 e. The van der Waals surface area contributed by atoms with Crippen molar-refractivity contribution in [2.24, 2.45) is 0 Å². The van der Waals surface area contributed by atoms with Gasteiger partial charge in [-0.2, -0.15) is 5.10 Å². The fourth-order valence-corrected chi connectivity index (χ4v) is 1.91. The summed E-state index contributed by atoms with van der Waals surface area (Å²) in [6.45, 7) is 7.44. The molecule has 0 fully saturated rings. The predicted molar refractivity (Wildman–Crippen MR) is 68.3 cm³/mol. The van der Waals surface area contributed by atoms with Crippen molar-refractivity contribution in [1.29, 1.82) is 0 Å². The molecular formula is C12H18BN3O2. The summed E-state index contributed by atoms with van der Waals surface area (Å²) in [6.07, 6.45) is 0.149. The van der Waals surface area contributed by atoms with Crippen LogP contribution in [0, 0.1) is 0 Å². The van der Waals surface area contributed by atoms with Crippen molar-refractivity contribution in [2.45, 2.75) is 45.8 Å². The number of aromatic nitrogens is 2. The molecule has 2 radical (unpaired) electrons. The molecule has 0 saturated heterocycles. The molecule has 5 nitrogen and oxygen atoms in total. The van der Waals surface area contributed by atoms with Crippen molar-refractivity contribution in [1.82, 2.24) is 14.7 Å². The van der Waals surface area contributed by atoms with E-state index in [0.717, 1.165) is 11.4 Å². The predicted octanol–water partition coefficient (Wildman–Crippen LogP) is 1.30. The monoisotopic (exact) mass is 247 g/mol. The highest BCUT2D eigenvalue weighted by Gasteiger charge is 2.26. The molecule has 2 rings (SSSR count). The maximum Gasteiger partial charge on any atom is 0.410 e. The van der Waals surface area contributed by atoms with E-state index < -0.39 is 5.60 Å². The van der Waals surface area contributed by atoms with Crippen LogP contribution in [0.5, 0.6) is 0 Å².